The molecular formula is C19H28O4. The first kappa shape index (κ1) is 19.2. The van der Waals surface area contributed by atoms with Crippen molar-refractivity contribution in [2.45, 2.75) is 59.3 Å². The molecule has 0 bridgehead atoms. The molecule has 0 aliphatic rings. The van der Waals surface area contributed by atoms with Gasteiger partial charge in [0.15, 0.2) is 12.4 Å². The van der Waals surface area contributed by atoms with Crippen molar-refractivity contribution in [3.63, 3.8) is 0 Å². The maximum atomic E-state index is 11.9. The van der Waals surface area contributed by atoms with Gasteiger partial charge in [-0.1, -0.05) is 41.5 Å². The predicted octanol–water partition coefficient (Wildman–Crippen LogP) is 4.04. The van der Waals surface area contributed by atoms with Crippen LogP contribution in [0.4, 0.5) is 0 Å². The fourth-order valence-corrected chi connectivity index (χ4v) is 2.29. The number of ketones is 1. The number of methoxy groups -OCH3 is 1. The number of esters is 1. The summed E-state index contributed by atoms with van der Waals surface area (Å²) in [7, 11) is 1.33. The number of carbonyl (C=O) groups excluding carboxylic acids is 2. The third-order valence-corrected chi connectivity index (χ3v) is 3.67. The van der Waals surface area contributed by atoms with Gasteiger partial charge in [0, 0.05) is 16.7 Å². The standard InChI is InChI=1S/C19H28O4/c1-12(20)13-9-14(18(2,3)4)17(23-11-16(21)22-8)15(10-13)19(5,6)7/h9-10H,11H2,1-8H3. The normalized spacial score (nSPS) is 12.0. The molecule has 128 valence electrons. The Kier molecular flexibility index (Phi) is 5.62. The molecule has 0 amide bonds. The van der Waals surface area contributed by atoms with E-state index < -0.39 is 5.97 Å². The van der Waals surface area contributed by atoms with Gasteiger partial charge in [0.05, 0.1) is 7.11 Å². The van der Waals surface area contributed by atoms with Crippen LogP contribution in [0, 0.1) is 0 Å². The van der Waals surface area contributed by atoms with E-state index in [2.05, 4.69) is 46.3 Å². The molecule has 0 spiro atoms. The van der Waals surface area contributed by atoms with E-state index in [0.29, 0.717) is 11.3 Å². The van der Waals surface area contributed by atoms with Crippen molar-refractivity contribution in [2.75, 3.05) is 13.7 Å². The zero-order chi connectivity index (χ0) is 18.0. The van der Waals surface area contributed by atoms with Crippen LogP contribution in [0.15, 0.2) is 12.1 Å². The Balaban J connectivity index is 3.59. The van der Waals surface area contributed by atoms with E-state index >= 15 is 0 Å². The number of benzene rings is 1. The highest BCUT2D eigenvalue weighted by atomic mass is 16.6. The second-order valence-electron chi connectivity index (χ2n) is 7.82. The quantitative estimate of drug-likeness (QED) is 0.621. The molecule has 0 N–H and O–H groups in total. The lowest BCUT2D eigenvalue weighted by Crippen LogP contribution is -2.23. The van der Waals surface area contributed by atoms with Crippen LogP contribution in [0.2, 0.25) is 0 Å². The zero-order valence-electron chi connectivity index (χ0n) is 15.5. The van der Waals surface area contributed by atoms with E-state index in [1.165, 1.54) is 7.11 Å². The molecule has 0 fully saturated rings. The smallest absolute Gasteiger partial charge is 0.343 e. The monoisotopic (exact) mass is 320 g/mol. The van der Waals surface area contributed by atoms with Crippen LogP contribution in [-0.2, 0) is 20.4 Å². The van der Waals surface area contributed by atoms with Gasteiger partial charge < -0.3 is 9.47 Å². The second-order valence-corrected chi connectivity index (χ2v) is 7.82. The number of hydrogen-bond acceptors (Lipinski definition) is 4. The summed E-state index contributed by atoms with van der Waals surface area (Å²) in [5.74, 6) is 0.251. The van der Waals surface area contributed by atoms with E-state index in [0.717, 1.165) is 11.1 Å². The highest BCUT2D eigenvalue weighted by Crippen LogP contribution is 2.40. The van der Waals surface area contributed by atoms with Crippen molar-refractivity contribution in [3.8, 4) is 5.75 Å². The van der Waals surface area contributed by atoms with Gasteiger partial charge in [-0.25, -0.2) is 4.79 Å². The van der Waals surface area contributed by atoms with Crippen molar-refractivity contribution in [1.82, 2.24) is 0 Å². The van der Waals surface area contributed by atoms with E-state index in [-0.39, 0.29) is 23.2 Å². The van der Waals surface area contributed by atoms with Crippen molar-refractivity contribution in [2.24, 2.45) is 0 Å². The van der Waals surface area contributed by atoms with Crippen LogP contribution in [0.5, 0.6) is 5.75 Å². The highest BCUT2D eigenvalue weighted by molar-refractivity contribution is 5.95. The van der Waals surface area contributed by atoms with Crippen LogP contribution < -0.4 is 4.74 Å². The number of Topliss-reactive ketones (excluding diaryl/α,β-unsaturated/α-hetero) is 1. The number of carbonyl (C=O) groups is 2. The Morgan fingerprint density at radius 3 is 1.70 bits per heavy atom. The summed E-state index contributed by atoms with van der Waals surface area (Å²) in [6.45, 7) is 13.8. The molecule has 0 saturated heterocycles. The first-order valence-corrected chi connectivity index (χ1v) is 7.77. The predicted molar refractivity (Wildman–Crippen MR) is 91.4 cm³/mol. The minimum Gasteiger partial charge on any atom is -0.481 e. The summed E-state index contributed by atoms with van der Waals surface area (Å²) in [6.07, 6.45) is 0. The molecular weight excluding hydrogens is 292 g/mol. The summed E-state index contributed by atoms with van der Waals surface area (Å²) in [6, 6.07) is 3.73. The maximum absolute atomic E-state index is 11.9. The largest absolute Gasteiger partial charge is 0.481 e. The Hall–Kier alpha value is -1.84. The van der Waals surface area contributed by atoms with Crippen LogP contribution >= 0.6 is 0 Å². The van der Waals surface area contributed by atoms with Gasteiger partial charge in [-0.15, -0.1) is 0 Å². The van der Waals surface area contributed by atoms with Gasteiger partial charge in [-0.2, -0.15) is 0 Å². The number of hydrogen-bond donors (Lipinski definition) is 0. The molecule has 0 aliphatic carbocycles. The van der Waals surface area contributed by atoms with Crippen molar-refractivity contribution in [3.05, 3.63) is 28.8 Å². The Labute approximate surface area is 139 Å². The first-order chi connectivity index (χ1) is 10.4. The second kappa shape index (κ2) is 6.73. The fraction of sp³-hybridized carbons (Fsp3) is 0.579. The molecule has 0 heterocycles. The minimum absolute atomic E-state index is 0.0144. The SMILES string of the molecule is COC(=O)COc1c(C(C)(C)C)cc(C(C)=O)cc1C(C)(C)C. The van der Waals surface area contributed by atoms with Gasteiger partial charge in [-0.05, 0) is 29.9 Å². The minimum atomic E-state index is -0.430. The molecule has 1 aromatic carbocycles. The lowest BCUT2D eigenvalue weighted by Gasteiger charge is -2.30. The first-order valence-electron chi connectivity index (χ1n) is 7.77. The van der Waals surface area contributed by atoms with Crippen molar-refractivity contribution >= 4 is 11.8 Å². The average Bonchev–Trinajstić information content (AvgIpc) is 2.41. The van der Waals surface area contributed by atoms with Crippen molar-refractivity contribution in [1.29, 1.82) is 0 Å². The fourth-order valence-electron chi connectivity index (χ4n) is 2.29. The maximum Gasteiger partial charge on any atom is 0.343 e. The Morgan fingerprint density at radius 1 is 0.957 bits per heavy atom. The van der Waals surface area contributed by atoms with Crippen LogP contribution in [0.25, 0.3) is 0 Å². The third-order valence-electron chi connectivity index (χ3n) is 3.67. The molecule has 0 aliphatic heterocycles. The molecule has 1 aromatic rings. The van der Waals surface area contributed by atoms with Gasteiger partial charge in [0.2, 0.25) is 0 Å². The van der Waals surface area contributed by atoms with Crippen molar-refractivity contribution < 1.29 is 19.1 Å². The summed E-state index contributed by atoms with van der Waals surface area (Å²) >= 11 is 0. The molecule has 23 heavy (non-hydrogen) atoms. The van der Waals surface area contributed by atoms with E-state index in [4.69, 9.17) is 4.74 Å². The lowest BCUT2D eigenvalue weighted by atomic mass is 9.78. The van der Waals surface area contributed by atoms with Gasteiger partial charge in [0.25, 0.3) is 0 Å². The van der Waals surface area contributed by atoms with Crippen LogP contribution in [0.3, 0.4) is 0 Å². The molecule has 0 saturated carbocycles. The lowest BCUT2D eigenvalue weighted by molar-refractivity contribution is -0.142. The molecule has 0 radical (unpaired) electrons. The van der Waals surface area contributed by atoms with Crippen LogP contribution in [0.1, 0.15) is 70.0 Å². The van der Waals surface area contributed by atoms with E-state index in [1.807, 2.05) is 12.1 Å². The highest BCUT2D eigenvalue weighted by Gasteiger charge is 2.29. The van der Waals surface area contributed by atoms with E-state index in [1.54, 1.807) is 6.92 Å². The van der Waals surface area contributed by atoms with Gasteiger partial charge in [0.1, 0.15) is 5.75 Å². The molecule has 0 aromatic heterocycles. The van der Waals surface area contributed by atoms with Gasteiger partial charge >= 0.3 is 5.97 Å². The molecule has 4 nitrogen and oxygen atoms in total. The number of ether oxygens (including phenoxy) is 2. The summed E-state index contributed by atoms with van der Waals surface area (Å²) in [4.78, 5) is 23.4. The Bertz CT molecular complexity index is 566. The average molecular weight is 320 g/mol. The molecule has 1 rings (SSSR count). The molecule has 4 heteroatoms. The summed E-state index contributed by atoms with van der Waals surface area (Å²) in [5.41, 5.74) is 2.04. The zero-order valence-corrected chi connectivity index (χ0v) is 15.5. The number of rotatable bonds is 4. The molecule has 0 atom stereocenters. The Morgan fingerprint density at radius 2 is 1.39 bits per heavy atom. The van der Waals surface area contributed by atoms with Gasteiger partial charge in [-0.3, -0.25) is 4.79 Å². The third kappa shape index (κ3) is 4.81. The van der Waals surface area contributed by atoms with Crippen LogP contribution in [-0.4, -0.2) is 25.5 Å². The summed E-state index contributed by atoms with van der Waals surface area (Å²) < 4.78 is 10.5. The summed E-state index contributed by atoms with van der Waals surface area (Å²) in [5, 5.41) is 0. The van der Waals surface area contributed by atoms with E-state index in [9.17, 15) is 9.59 Å². The molecule has 0 unspecified atom stereocenters. The topological polar surface area (TPSA) is 52.6 Å².